The molecule has 0 aromatic heterocycles. The van der Waals surface area contributed by atoms with E-state index in [1.165, 1.54) is 23.1 Å². The van der Waals surface area contributed by atoms with Crippen molar-refractivity contribution in [2.75, 3.05) is 31.5 Å². The van der Waals surface area contributed by atoms with Crippen LogP contribution < -0.4 is 10.1 Å². The van der Waals surface area contributed by atoms with E-state index in [0.29, 0.717) is 32.7 Å². The predicted octanol–water partition coefficient (Wildman–Crippen LogP) is 4.18. The van der Waals surface area contributed by atoms with Crippen LogP contribution >= 0.6 is 0 Å². The molecule has 166 valence electrons. The van der Waals surface area contributed by atoms with Crippen LogP contribution in [-0.2, 0) is 17.4 Å². The van der Waals surface area contributed by atoms with Crippen LogP contribution in [0.15, 0.2) is 42.5 Å². The van der Waals surface area contributed by atoms with Gasteiger partial charge >= 0.3 is 18.4 Å². The van der Waals surface area contributed by atoms with Gasteiger partial charge in [0.1, 0.15) is 11.6 Å². The van der Waals surface area contributed by atoms with Crippen molar-refractivity contribution in [3.05, 3.63) is 59.4 Å². The highest BCUT2D eigenvalue weighted by molar-refractivity contribution is 5.89. The van der Waals surface area contributed by atoms with Gasteiger partial charge in [0.25, 0.3) is 0 Å². The lowest BCUT2D eigenvalue weighted by Crippen LogP contribution is -2.49. The number of amides is 2. The SMILES string of the molecule is O=C(Nc1ccc2c(c1)C(F)(F)OC(F)(F)O2)N1CCN(Cc2ccc(F)cc2)CC1. The van der Waals surface area contributed by atoms with E-state index in [-0.39, 0.29) is 11.5 Å². The number of fused-ring (bicyclic) bond motifs is 1. The molecule has 6 nitrogen and oxygen atoms in total. The minimum absolute atomic E-state index is 0.00502. The number of alkyl halides is 4. The zero-order chi connectivity index (χ0) is 22.2. The number of benzene rings is 2. The van der Waals surface area contributed by atoms with Gasteiger partial charge in [-0.05, 0) is 35.9 Å². The topological polar surface area (TPSA) is 54.0 Å². The molecule has 0 radical (unpaired) electrons. The van der Waals surface area contributed by atoms with Crippen molar-refractivity contribution in [1.82, 2.24) is 9.80 Å². The van der Waals surface area contributed by atoms with Crippen LogP contribution in [0.1, 0.15) is 11.1 Å². The van der Waals surface area contributed by atoms with Crippen molar-refractivity contribution in [3.63, 3.8) is 0 Å². The van der Waals surface area contributed by atoms with E-state index in [2.05, 4.69) is 19.7 Å². The van der Waals surface area contributed by atoms with Gasteiger partial charge in [-0.1, -0.05) is 12.1 Å². The van der Waals surface area contributed by atoms with Gasteiger partial charge in [-0.15, -0.1) is 8.78 Å². The predicted molar refractivity (Wildman–Crippen MR) is 99.3 cm³/mol. The Morgan fingerprint density at radius 3 is 2.35 bits per heavy atom. The second kappa shape index (κ2) is 7.97. The summed E-state index contributed by atoms with van der Waals surface area (Å²) in [6.07, 6.45) is -8.72. The Balaban J connectivity index is 1.35. The molecule has 1 saturated heterocycles. The van der Waals surface area contributed by atoms with Crippen LogP contribution in [0.2, 0.25) is 0 Å². The molecule has 4 rings (SSSR count). The van der Waals surface area contributed by atoms with Gasteiger partial charge in [-0.25, -0.2) is 13.9 Å². The number of nitrogens with zero attached hydrogens (tertiary/aromatic N) is 2. The summed E-state index contributed by atoms with van der Waals surface area (Å²) in [6, 6.07) is 8.62. The molecule has 0 bridgehead atoms. The monoisotopic (exact) mass is 443 g/mol. The molecule has 2 heterocycles. The van der Waals surface area contributed by atoms with Crippen LogP contribution in [0, 0.1) is 5.82 Å². The molecular formula is C20H18F5N3O3. The lowest BCUT2D eigenvalue weighted by Gasteiger charge is -2.35. The molecule has 0 saturated carbocycles. The molecule has 11 heteroatoms. The Labute approximate surface area is 174 Å². The first-order valence-electron chi connectivity index (χ1n) is 9.43. The summed E-state index contributed by atoms with van der Waals surface area (Å²) in [7, 11) is 0. The van der Waals surface area contributed by atoms with Crippen molar-refractivity contribution < 1.29 is 36.2 Å². The molecule has 1 N–H and O–H groups in total. The fourth-order valence-electron chi connectivity index (χ4n) is 3.44. The van der Waals surface area contributed by atoms with E-state index in [4.69, 9.17) is 0 Å². The van der Waals surface area contributed by atoms with Crippen molar-refractivity contribution in [1.29, 1.82) is 0 Å². The lowest BCUT2D eigenvalue weighted by molar-refractivity contribution is -0.461. The van der Waals surface area contributed by atoms with Gasteiger partial charge in [-0.3, -0.25) is 4.90 Å². The summed E-state index contributed by atoms with van der Waals surface area (Å²) in [5, 5.41) is 2.49. The van der Waals surface area contributed by atoms with E-state index in [9.17, 15) is 26.7 Å². The number of piperazine rings is 1. The molecule has 1 fully saturated rings. The third-order valence-electron chi connectivity index (χ3n) is 5.00. The number of hydrogen-bond donors (Lipinski definition) is 1. The summed E-state index contributed by atoms with van der Waals surface area (Å²) in [4.78, 5) is 16.1. The maximum atomic E-state index is 13.9. The minimum atomic E-state index is -4.45. The Hall–Kier alpha value is -2.92. The first kappa shape index (κ1) is 21.3. The molecule has 0 aliphatic carbocycles. The molecule has 2 amide bonds. The Bertz CT molecular complexity index is 963. The summed E-state index contributed by atoms with van der Waals surface area (Å²) >= 11 is 0. The van der Waals surface area contributed by atoms with Crippen LogP contribution in [-0.4, -0.2) is 48.3 Å². The number of urea groups is 1. The Kier molecular flexibility index (Phi) is 5.48. The average molecular weight is 443 g/mol. The van der Waals surface area contributed by atoms with Gasteiger partial charge in [0.2, 0.25) is 0 Å². The van der Waals surface area contributed by atoms with Crippen LogP contribution in [0.25, 0.3) is 0 Å². The number of halogens is 5. The summed E-state index contributed by atoms with van der Waals surface area (Å²) in [5.41, 5.74) is 0.0410. The maximum Gasteiger partial charge on any atom is 0.540 e. The number of hydrogen-bond acceptors (Lipinski definition) is 4. The first-order chi connectivity index (χ1) is 14.6. The summed E-state index contributed by atoms with van der Waals surface area (Å²) in [5.74, 6) is -1.04. The molecule has 2 aromatic rings. The zero-order valence-electron chi connectivity index (χ0n) is 16.1. The Morgan fingerprint density at radius 2 is 1.68 bits per heavy atom. The Morgan fingerprint density at radius 1 is 1.00 bits per heavy atom. The lowest BCUT2D eigenvalue weighted by atomic mass is 10.1. The molecule has 2 aromatic carbocycles. The van der Waals surface area contributed by atoms with Crippen LogP contribution in [0.4, 0.5) is 32.4 Å². The average Bonchev–Trinajstić information content (AvgIpc) is 2.69. The van der Waals surface area contributed by atoms with Crippen LogP contribution in [0.5, 0.6) is 5.75 Å². The number of ether oxygens (including phenoxy) is 2. The summed E-state index contributed by atoms with van der Waals surface area (Å²) in [6.45, 7) is 2.55. The number of carbonyl (C=O) groups is 1. The quantitative estimate of drug-likeness (QED) is 0.724. The fourth-order valence-corrected chi connectivity index (χ4v) is 3.44. The molecule has 2 aliphatic heterocycles. The third kappa shape index (κ3) is 4.88. The molecule has 2 aliphatic rings. The maximum absolute atomic E-state index is 13.9. The highest BCUT2D eigenvalue weighted by Crippen LogP contribution is 2.46. The number of rotatable bonds is 3. The van der Waals surface area contributed by atoms with E-state index < -0.39 is 29.7 Å². The molecule has 0 spiro atoms. The summed E-state index contributed by atoms with van der Waals surface area (Å²) < 4.78 is 74.5. The van der Waals surface area contributed by atoms with E-state index in [1.54, 1.807) is 12.1 Å². The molecule has 0 unspecified atom stereocenters. The largest absolute Gasteiger partial charge is 0.540 e. The highest BCUT2D eigenvalue weighted by atomic mass is 19.3. The second-order valence-electron chi connectivity index (χ2n) is 7.22. The van der Waals surface area contributed by atoms with Crippen molar-refractivity contribution in [2.24, 2.45) is 0 Å². The highest BCUT2D eigenvalue weighted by Gasteiger charge is 2.54. The smallest absolute Gasteiger partial charge is 0.409 e. The van der Waals surface area contributed by atoms with Gasteiger partial charge in [0, 0.05) is 38.4 Å². The number of nitrogens with one attached hydrogen (secondary N) is 1. The van der Waals surface area contributed by atoms with Crippen molar-refractivity contribution >= 4 is 11.7 Å². The van der Waals surface area contributed by atoms with Crippen molar-refractivity contribution in [3.8, 4) is 5.75 Å². The number of anilines is 1. The third-order valence-corrected chi connectivity index (χ3v) is 5.00. The van der Waals surface area contributed by atoms with Gasteiger partial charge in [0.15, 0.2) is 0 Å². The minimum Gasteiger partial charge on any atom is -0.409 e. The fraction of sp³-hybridized carbons (Fsp3) is 0.350. The van der Waals surface area contributed by atoms with Gasteiger partial charge < -0.3 is 15.0 Å². The first-order valence-corrected chi connectivity index (χ1v) is 9.43. The molecule has 0 atom stereocenters. The van der Waals surface area contributed by atoms with E-state index in [0.717, 1.165) is 17.7 Å². The normalized spacial score (nSPS) is 20.0. The van der Waals surface area contributed by atoms with Crippen molar-refractivity contribution in [2.45, 2.75) is 18.9 Å². The van der Waals surface area contributed by atoms with Crippen LogP contribution in [0.3, 0.4) is 0 Å². The molecule has 31 heavy (non-hydrogen) atoms. The standard InChI is InChI=1S/C20H18F5N3O3/c21-14-3-1-13(2-4-14)12-27-7-9-28(10-8-27)18(29)26-15-5-6-17-16(11-15)19(22,23)31-20(24,25)30-17/h1-6,11H,7-10,12H2,(H,26,29). The van der Waals surface area contributed by atoms with E-state index in [1.807, 2.05) is 0 Å². The second-order valence-corrected chi connectivity index (χ2v) is 7.22. The van der Waals surface area contributed by atoms with Gasteiger partial charge in [-0.2, -0.15) is 8.78 Å². The van der Waals surface area contributed by atoms with E-state index >= 15 is 0 Å². The molecular weight excluding hydrogens is 425 g/mol. The van der Waals surface area contributed by atoms with Gasteiger partial charge in [0.05, 0.1) is 5.56 Å². The number of carbonyl (C=O) groups excluding carboxylic acids is 1. The zero-order valence-corrected chi connectivity index (χ0v) is 16.1.